The van der Waals surface area contributed by atoms with Crippen LogP contribution in [-0.2, 0) is 11.2 Å². The molecular formula is C21H31N3O2. The molecule has 1 aromatic rings. The van der Waals surface area contributed by atoms with E-state index in [1.165, 1.54) is 31.5 Å². The standard InChI is InChI=1S/C21H31N3O2/c1-22-16-21(26-20(22)25)11-5-12-24(17-21)19-9-14-23(15-10-19)13-8-18-6-3-2-4-7-18/h2-4,6-7,19H,5,8-17H2,1H3/t21-/m0/s1. The number of likely N-dealkylation sites (tertiary alicyclic amines) is 2. The molecule has 3 heterocycles. The minimum absolute atomic E-state index is 0.150. The van der Waals surface area contributed by atoms with Crippen LogP contribution in [0.15, 0.2) is 30.3 Å². The fourth-order valence-electron chi connectivity index (χ4n) is 4.89. The van der Waals surface area contributed by atoms with E-state index in [0.717, 1.165) is 45.4 Å². The Balaban J connectivity index is 1.26. The number of carbonyl (C=O) groups excluding carboxylic acids is 1. The van der Waals surface area contributed by atoms with Gasteiger partial charge in [-0.3, -0.25) is 4.90 Å². The molecule has 1 spiro atoms. The number of likely N-dealkylation sites (N-methyl/N-ethyl adjacent to an activating group) is 1. The van der Waals surface area contributed by atoms with Crippen LogP contribution in [-0.4, -0.2) is 78.8 Å². The van der Waals surface area contributed by atoms with E-state index in [1.807, 2.05) is 7.05 Å². The molecule has 3 saturated heterocycles. The molecular weight excluding hydrogens is 326 g/mol. The topological polar surface area (TPSA) is 36.0 Å². The molecule has 4 rings (SSSR count). The van der Waals surface area contributed by atoms with Gasteiger partial charge in [-0.25, -0.2) is 4.79 Å². The van der Waals surface area contributed by atoms with Gasteiger partial charge >= 0.3 is 6.09 Å². The van der Waals surface area contributed by atoms with Crippen LogP contribution in [0.25, 0.3) is 0 Å². The molecule has 26 heavy (non-hydrogen) atoms. The molecule has 1 atom stereocenters. The van der Waals surface area contributed by atoms with E-state index in [2.05, 4.69) is 40.1 Å². The van der Waals surface area contributed by atoms with E-state index >= 15 is 0 Å². The Morgan fingerprint density at radius 1 is 1.12 bits per heavy atom. The molecule has 0 aromatic heterocycles. The largest absolute Gasteiger partial charge is 0.440 e. The van der Waals surface area contributed by atoms with E-state index in [4.69, 9.17) is 4.74 Å². The van der Waals surface area contributed by atoms with Gasteiger partial charge in [-0.15, -0.1) is 0 Å². The minimum Gasteiger partial charge on any atom is -0.440 e. The van der Waals surface area contributed by atoms with Crippen molar-refractivity contribution in [2.24, 2.45) is 0 Å². The third-order valence-corrected chi connectivity index (χ3v) is 6.34. The van der Waals surface area contributed by atoms with Crippen molar-refractivity contribution in [1.82, 2.24) is 14.7 Å². The van der Waals surface area contributed by atoms with Crippen molar-refractivity contribution in [2.75, 3.05) is 46.3 Å². The van der Waals surface area contributed by atoms with Crippen molar-refractivity contribution in [2.45, 2.75) is 43.7 Å². The van der Waals surface area contributed by atoms with E-state index in [-0.39, 0.29) is 11.7 Å². The SMILES string of the molecule is CN1C[C@]2(CCCN(C3CCN(CCc4ccccc4)CC3)C2)OC1=O. The summed E-state index contributed by atoms with van der Waals surface area (Å²) in [6.07, 6.45) is 5.59. The molecule has 0 radical (unpaired) electrons. The average molecular weight is 357 g/mol. The van der Waals surface area contributed by atoms with Gasteiger partial charge in [-0.05, 0) is 57.3 Å². The Kier molecular flexibility index (Phi) is 5.18. The number of hydrogen-bond acceptors (Lipinski definition) is 4. The highest BCUT2D eigenvalue weighted by Crippen LogP contribution is 2.33. The Morgan fingerprint density at radius 3 is 2.58 bits per heavy atom. The Bertz CT molecular complexity index is 615. The molecule has 3 aliphatic heterocycles. The zero-order valence-electron chi connectivity index (χ0n) is 15.9. The smallest absolute Gasteiger partial charge is 0.410 e. The maximum absolute atomic E-state index is 11.8. The monoisotopic (exact) mass is 357 g/mol. The quantitative estimate of drug-likeness (QED) is 0.830. The number of carbonyl (C=O) groups is 1. The fourth-order valence-corrected chi connectivity index (χ4v) is 4.89. The number of ether oxygens (including phenoxy) is 1. The molecule has 5 heteroatoms. The predicted molar refractivity (Wildman–Crippen MR) is 102 cm³/mol. The molecule has 5 nitrogen and oxygen atoms in total. The van der Waals surface area contributed by atoms with Crippen molar-refractivity contribution >= 4 is 6.09 Å². The average Bonchev–Trinajstić information content (AvgIpc) is 2.94. The van der Waals surface area contributed by atoms with Crippen LogP contribution >= 0.6 is 0 Å². The Labute approximate surface area is 156 Å². The fraction of sp³-hybridized carbons (Fsp3) is 0.667. The zero-order valence-corrected chi connectivity index (χ0v) is 15.9. The van der Waals surface area contributed by atoms with E-state index < -0.39 is 0 Å². The first-order valence-electron chi connectivity index (χ1n) is 10.1. The summed E-state index contributed by atoms with van der Waals surface area (Å²) < 4.78 is 5.77. The minimum atomic E-state index is -0.255. The van der Waals surface area contributed by atoms with Crippen LogP contribution in [0.3, 0.4) is 0 Å². The molecule has 0 saturated carbocycles. The molecule has 1 aromatic carbocycles. The first-order valence-corrected chi connectivity index (χ1v) is 10.1. The number of nitrogens with zero attached hydrogens (tertiary/aromatic N) is 3. The molecule has 3 aliphatic rings. The van der Waals surface area contributed by atoms with Crippen molar-refractivity contribution < 1.29 is 9.53 Å². The van der Waals surface area contributed by atoms with Crippen molar-refractivity contribution in [1.29, 1.82) is 0 Å². The lowest BCUT2D eigenvalue weighted by molar-refractivity contribution is -0.0321. The highest BCUT2D eigenvalue weighted by Gasteiger charge is 2.47. The highest BCUT2D eigenvalue weighted by molar-refractivity contribution is 5.70. The third kappa shape index (κ3) is 3.89. The van der Waals surface area contributed by atoms with Gasteiger partial charge in [0.1, 0.15) is 5.60 Å². The van der Waals surface area contributed by atoms with Crippen LogP contribution in [0.1, 0.15) is 31.2 Å². The van der Waals surface area contributed by atoms with Crippen molar-refractivity contribution in [3.8, 4) is 0 Å². The predicted octanol–water partition coefficient (Wildman–Crippen LogP) is 2.61. The third-order valence-electron chi connectivity index (χ3n) is 6.34. The molecule has 3 fully saturated rings. The van der Waals surface area contributed by atoms with Gasteiger partial charge < -0.3 is 14.5 Å². The molecule has 0 bridgehead atoms. The van der Waals surface area contributed by atoms with E-state index in [0.29, 0.717) is 6.04 Å². The first-order chi connectivity index (χ1) is 12.6. The highest BCUT2D eigenvalue weighted by atomic mass is 16.6. The molecule has 1 amide bonds. The van der Waals surface area contributed by atoms with Gasteiger partial charge in [0.2, 0.25) is 0 Å². The lowest BCUT2D eigenvalue weighted by atomic mass is 9.90. The second kappa shape index (κ2) is 7.57. The molecule has 0 unspecified atom stereocenters. The van der Waals surface area contributed by atoms with Crippen LogP contribution in [0.5, 0.6) is 0 Å². The molecule has 0 N–H and O–H groups in total. The van der Waals surface area contributed by atoms with Gasteiger partial charge in [0.15, 0.2) is 0 Å². The van der Waals surface area contributed by atoms with Gasteiger partial charge in [0, 0.05) is 26.2 Å². The lowest BCUT2D eigenvalue weighted by Crippen LogP contribution is -2.55. The van der Waals surface area contributed by atoms with Crippen LogP contribution < -0.4 is 0 Å². The summed E-state index contributed by atoms with van der Waals surface area (Å²) in [5.74, 6) is 0. The first kappa shape index (κ1) is 17.8. The van der Waals surface area contributed by atoms with Crippen LogP contribution in [0.4, 0.5) is 4.79 Å². The summed E-state index contributed by atoms with van der Waals surface area (Å²) >= 11 is 0. The van der Waals surface area contributed by atoms with Gasteiger partial charge in [-0.2, -0.15) is 0 Å². The summed E-state index contributed by atoms with van der Waals surface area (Å²) in [6, 6.07) is 11.4. The van der Waals surface area contributed by atoms with Gasteiger partial charge in [0.05, 0.1) is 6.54 Å². The molecule has 0 aliphatic carbocycles. The summed E-state index contributed by atoms with van der Waals surface area (Å²) in [6.45, 7) is 6.33. The van der Waals surface area contributed by atoms with Crippen LogP contribution in [0.2, 0.25) is 0 Å². The second-order valence-corrected chi connectivity index (χ2v) is 8.29. The van der Waals surface area contributed by atoms with Crippen molar-refractivity contribution in [3.05, 3.63) is 35.9 Å². The van der Waals surface area contributed by atoms with Gasteiger partial charge in [-0.1, -0.05) is 30.3 Å². The molecule has 142 valence electrons. The summed E-state index contributed by atoms with van der Waals surface area (Å²) in [7, 11) is 1.85. The number of amides is 1. The van der Waals surface area contributed by atoms with Crippen LogP contribution in [0, 0.1) is 0 Å². The summed E-state index contributed by atoms with van der Waals surface area (Å²) in [4.78, 5) is 18.8. The lowest BCUT2D eigenvalue weighted by Gasteiger charge is -2.45. The Morgan fingerprint density at radius 2 is 1.88 bits per heavy atom. The number of benzene rings is 1. The summed E-state index contributed by atoms with van der Waals surface area (Å²) in [5, 5.41) is 0. The Hall–Kier alpha value is -1.59. The second-order valence-electron chi connectivity index (χ2n) is 8.29. The maximum Gasteiger partial charge on any atom is 0.410 e. The number of piperidine rings is 2. The number of rotatable bonds is 4. The van der Waals surface area contributed by atoms with Gasteiger partial charge in [0.25, 0.3) is 0 Å². The van der Waals surface area contributed by atoms with E-state index in [9.17, 15) is 4.79 Å². The maximum atomic E-state index is 11.8. The van der Waals surface area contributed by atoms with Crippen molar-refractivity contribution in [3.63, 3.8) is 0 Å². The normalized spacial score (nSPS) is 28.7. The number of hydrogen-bond donors (Lipinski definition) is 0. The summed E-state index contributed by atoms with van der Waals surface area (Å²) in [5.41, 5.74) is 1.17. The van der Waals surface area contributed by atoms with E-state index in [1.54, 1.807) is 4.90 Å². The zero-order chi connectivity index (χ0) is 18.0.